The van der Waals surface area contributed by atoms with Gasteiger partial charge >= 0.3 is 0 Å². The van der Waals surface area contributed by atoms with E-state index >= 15 is 0 Å². The first-order chi connectivity index (χ1) is 8.61. The van der Waals surface area contributed by atoms with Crippen molar-refractivity contribution in [3.05, 3.63) is 35.6 Å². The quantitative estimate of drug-likeness (QED) is 0.646. The van der Waals surface area contributed by atoms with Gasteiger partial charge in [-0.1, -0.05) is 12.1 Å². The van der Waals surface area contributed by atoms with Gasteiger partial charge in [0.05, 0.1) is 19.6 Å². The Morgan fingerprint density at radius 1 is 1.22 bits per heavy atom. The first kappa shape index (κ1) is 14.1. The Morgan fingerprint density at radius 2 is 2.00 bits per heavy atom. The van der Waals surface area contributed by atoms with Gasteiger partial charge in [-0.05, 0) is 17.7 Å². The van der Waals surface area contributed by atoms with E-state index in [-0.39, 0.29) is 37.9 Å². The monoisotopic (exact) mass is 254 g/mol. The average Bonchev–Trinajstić information content (AvgIpc) is 2.34. The molecule has 0 atom stereocenters. The summed E-state index contributed by atoms with van der Waals surface area (Å²) in [5, 5.41) is 13.3. The van der Waals surface area contributed by atoms with Crippen LogP contribution < -0.4 is 10.6 Å². The molecule has 0 saturated heterocycles. The fraction of sp³-hybridized carbons (Fsp3) is 0.333. The maximum absolute atomic E-state index is 12.9. The van der Waals surface area contributed by atoms with Crippen LogP contribution in [-0.2, 0) is 16.0 Å². The molecule has 18 heavy (non-hydrogen) atoms. The van der Waals surface area contributed by atoms with Crippen LogP contribution in [0, 0.1) is 5.82 Å². The van der Waals surface area contributed by atoms with Gasteiger partial charge < -0.3 is 15.7 Å². The molecule has 6 heteroatoms. The maximum Gasteiger partial charge on any atom is 0.239 e. The van der Waals surface area contributed by atoms with Crippen LogP contribution in [0.4, 0.5) is 4.39 Å². The molecule has 1 aromatic rings. The third-order valence-electron chi connectivity index (χ3n) is 2.13. The standard InChI is InChI=1S/C12H15FN2O3/c13-10-3-1-2-9(6-10)7-11(17)15-8-12(18)14-4-5-16/h1-3,6,16H,4-5,7-8H2,(H,14,18)(H,15,17). The van der Waals surface area contributed by atoms with E-state index in [1.54, 1.807) is 6.07 Å². The first-order valence-corrected chi connectivity index (χ1v) is 5.50. The predicted molar refractivity (Wildman–Crippen MR) is 63.2 cm³/mol. The summed E-state index contributed by atoms with van der Waals surface area (Å²) in [6, 6.07) is 5.72. The minimum atomic E-state index is -0.402. The van der Waals surface area contributed by atoms with Gasteiger partial charge in [-0.25, -0.2) is 4.39 Å². The molecule has 0 fully saturated rings. The van der Waals surface area contributed by atoms with Crippen molar-refractivity contribution >= 4 is 11.8 Å². The van der Waals surface area contributed by atoms with Gasteiger partial charge in [0.2, 0.25) is 11.8 Å². The zero-order valence-electron chi connectivity index (χ0n) is 9.78. The molecular formula is C12H15FN2O3. The van der Waals surface area contributed by atoms with Gasteiger partial charge in [0.15, 0.2) is 0 Å². The maximum atomic E-state index is 12.9. The molecule has 98 valence electrons. The van der Waals surface area contributed by atoms with E-state index < -0.39 is 5.82 Å². The van der Waals surface area contributed by atoms with Crippen molar-refractivity contribution < 1.29 is 19.1 Å². The topological polar surface area (TPSA) is 78.4 Å². The van der Waals surface area contributed by atoms with Crippen molar-refractivity contribution in [2.75, 3.05) is 19.7 Å². The Kier molecular flexibility index (Phi) is 5.79. The third-order valence-corrected chi connectivity index (χ3v) is 2.13. The van der Waals surface area contributed by atoms with Crippen LogP contribution >= 0.6 is 0 Å². The van der Waals surface area contributed by atoms with Crippen molar-refractivity contribution in [3.63, 3.8) is 0 Å². The molecule has 1 rings (SSSR count). The number of aliphatic hydroxyl groups is 1. The number of aliphatic hydroxyl groups excluding tert-OH is 1. The summed E-state index contributed by atoms with van der Waals surface area (Å²) in [4.78, 5) is 22.6. The van der Waals surface area contributed by atoms with Crippen LogP contribution in [0.1, 0.15) is 5.56 Å². The molecular weight excluding hydrogens is 239 g/mol. The number of carbonyl (C=O) groups is 2. The first-order valence-electron chi connectivity index (χ1n) is 5.50. The van der Waals surface area contributed by atoms with Crippen LogP contribution in [0.2, 0.25) is 0 Å². The lowest BCUT2D eigenvalue weighted by Crippen LogP contribution is -2.38. The largest absolute Gasteiger partial charge is 0.395 e. The van der Waals surface area contributed by atoms with Crippen LogP contribution in [0.3, 0.4) is 0 Å². The second-order valence-electron chi connectivity index (χ2n) is 3.66. The number of hydrogen-bond acceptors (Lipinski definition) is 3. The van der Waals surface area contributed by atoms with E-state index in [1.165, 1.54) is 18.2 Å². The Labute approximate surface area is 104 Å². The highest BCUT2D eigenvalue weighted by molar-refractivity contribution is 5.85. The van der Waals surface area contributed by atoms with E-state index in [9.17, 15) is 14.0 Å². The molecule has 0 aliphatic heterocycles. The third kappa shape index (κ3) is 5.40. The summed E-state index contributed by atoms with van der Waals surface area (Å²) in [5.74, 6) is -1.14. The minimum absolute atomic E-state index is 0.0189. The second-order valence-corrected chi connectivity index (χ2v) is 3.66. The van der Waals surface area contributed by atoms with Crippen LogP contribution in [0.5, 0.6) is 0 Å². The number of halogens is 1. The molecule has 1 aromatic carbocycles. The minimum Gasteiger partial charge on any atom is -0.395 e. The van der Waals surface area contributed by atoms with Gasteiger partial charge in [-0.3, -0.25) is 9.59 Å². The summed E-state index contributed by atoms with van der Waals surface area (Å²) in [6.07, 6.45) is 0.0189. The Morgan fingerprint density at radius 3 is 2.67 bits per heavy atom. The SMILES string of the molecule is O=C(CNC(=O)Cc1cccc(F)c1)NCCO. The fourth-order valence-electron chi connectivity index (χ4n) is 1.33. The summed E-state index contributed by atoms with van der Waals surface area (Å²) in [7, 11) is 0. The Balaban J connectivity index is 2.31. The number of nitrogens with one attached hydrogen (secondary N) is 2. The zero-order chi connectivity index (χ0) is 13.4. The highest BCUT2D eigenvalue weighted by Gasteiger charge is 2.06. The molecule has 0 unspecified atom stereocenters. The molecule has 0 aliphatic rings. The molecule has 0 saturated carbocycles. The second kappa shape index (κ2) is 7.39. The Bertz CT molecular complexity index is 424. The van der Waals surface area contributed by atoms with Gasteiger partial charge in [0.25, 0.3) is 0 Å². The molecule has 3 N–H and O–H groups in total. The lowest BCUT2D eigenvalue weighted by Gasteiger charge is -2.06. The van der Waals surface area contributed by atoms with E-state index in [2.05, 4.69) is 10.6 Å². The molecule has 0 aliphatic carbocycles. The highest BCUT2D eigenvalue weighted by atomic mass is 19.1. The molecule has 0 heterocycles. The van der Waals surface area contributed by atoms with Crippen molar-refractivity contribution in [2.45, 2.75) is 6.42 Å². The summed E-state index contributed by atoms with van der Waals surface area (Å²) < 4.78 is 12.9. The lowest BCUT2D eigenvalue weighted by atomic mass is 10.1. The van der Waals surface area contributed by atoms with Gasteiger partial charge in [-0.15, -0.1) is 0 Å². The highest BCUT2D eigenvalue weighted by Crippen LogP contribution is 2.03. The summed E-state index contributed by atoms with van der Waals surface area (Å²) in [5.41, 5.74) is 0.545. The fourth-order valence-corrected chi connectivity index (χ4v) is 1.33. The molecule has 0 radical (unpaired) electrons. The van der Waals surface area contributed by atoms with E-state index in [1.807, 2.05) is 0 Å². The van der Waals surface area contributed by atoms with E-state index in [4.69, 9.17) is 5.11 Å². The van der Waals surface area contributed by atoms with E-state index in [0.717, 1.165) is 0 Å². The van der Waals surface area contributed by atoms with Crippen molar-refractivity contribution in [1.29, 1.82) is 0 Å². The normalized spacial score (nSPS) is 9.89. The Hall–Kier alpha value is -1.95. The van der Waals surface area contributed by atoms with Gasteiger partial charge in [-0.2, -0.15) is 0 Å². The van der Waals surface area contributed by atoms with Crippen LogP contribution in [0.15, 0.2) is 24.3 Å². The molecule has 5 nitrogen and oxygen atoms in total. The van der Waals surface area contributed by atoms with Crippen molar-refractivity contribution in [2.24, 2.45) is 0 Å². The zero-order valence-corrected chi connectivity index (χ0v) is 9.78. The van der Waals surface area contributed by atoms with Crippen LogP contribution in [0.25, 0.3) is 0 Å². The number of carbonyl (C=O) groups excluding carboxylic acids is 2. The van der Waals surface area contributed by atoms with E-state index in [0.29, 0.717) is 5.56 Å². The average molecular weight is 254 g/mol. The summed E-state index contributed by atoms with van der Waals surface area (Å²) >= 11 is 0. The van der Waals surface area contributed by atoms with Crippen molar-refractivity contribution in [3.8, 4) is 0 Å². The van der Waals surface area contributed by atoms with Gasteiger partial charge in [0, 0.05) is 6.54 Å². The number of amides is 2. The molecule has 0 spiro atoms. The molecule has 0 bridgehead atoms. The van der Waals surface area contributed by atoms with Gasteiger partial charge in [0.1, 0.15) is 5.82 Å². The number of benzene rings is 1. The molecule has 0 aromatic heterocycles. The predicted octanol–water partition coefficient (Wildman–Crippen LogP) is -0.407. The molecule has 2 amide bonds. The number of rotatable bonds is 6. The van der Waals surface area contributed by atoms with Crippen molar-refractivity contribution in [1.82, 2.24) is 10.6 Å². The number of hydrogen-bond donors (Lipinski definition) is 3. The summed E-state index contributed by atoms with van der Waals surface area (Å²) in [6.45, 7) is -0.157. The lowest BCUT2D eigenvalue weighted by molar-refractivity contribution is -0.125. The van der Waals surface area contributed by atoms with Crippen LogP contribution in [-0.4, -0.2) is 36.6 Å². The smallest absolute Gasteiger partial charge is 0.239 e.